The minimum atomic E-state index is -0.0549. The SMILES string of the molecule is CCCCc1ccc(NC(=S)N(CCCN2CCOCC2)Cc2cc3cc(C)cc(C)c3[nH]c2=O)cc1. The molecule has 0 atom stereocenters. The minimum absolute atomic E-state index is 0.0549. The fraction of sp³-hybridized carbons (Fsp3) is 0.467. The Hall–Kier alpha value is -2.74. The van der Waals surface area contributed by atoms with Crippen molar-refractivity contribution in [3.8, 4) is 0 Å². The van der Waals surface area contributed by atoms with Gasteiger partial charge in [0.1, 0.15) is 0 Å². The summed E-state index contributed by atoms with van der Waals surface area (Å²) in [5.74, 6) is 0. The second-order valence-corrected chi connectivity index (χ2v) is 10.5. The molecule has 1 aliphatic heterocycles. The van der Waals surface area contributed by atoms with Gasteiger partial charge in [0.15, 0.2) is 5.11 Å². The Morgan fingerprint density at radius 3 is 2.59 bits per heavy atom. The number of benzene rings is 2. The van der Waals surface area contributed by atoms with Gasteiger partial charge < -0.3 is 19.9 Å². The van der Waals surface area contributed by atoms with Gasteiger partial charge in [-0.15, -0.1) is 0 Å². The first-order chi connectivity index (χ1) is 17.9. The van der Waals surface area contributed by atoms with E-state index in [-0.39, 0.29) is 5.56 Å². The molecular weight excluding hydrogens is 480 g/mol. The summed E-state index contributed by atoms with van der Waals surface area (Å²) in [6.07, 6.45) is 4.44. The third-order valence-electron chi connectivity index (χ3n) is 7.05. The fourth-order valence-electron chi connectivity index (χ4n) is 4.96. The van der Waals surface area contributed by atoms with Crippen LogP contribution in [0.3, 0.4) is 0 Å². The van der Waals surface area contributed by atoms with Gasteiger partial charge in [0.2, 0.25) is 0 Å². The maximum atomic E-state index is 13.1. The number of hydrogen-bond donors (Lipinski definition) is 2. The number of aromatic amines is 1. The van der Waals surface area contributed by atoms with Gasteiger partial charge in [-0.1, -0.05) is 37.1 Å². The Bertz CT molecular complexity index is 1250. The predicted octanol–water partition coefficient (Wildman–Crippen LogP) is 5.41. The Morgan fingerprint density at radius 2 is 1.86 bits per heavy atom. The van der Waals surface area contributed by atoms with Crippen LogP contribution in [0.25, 0.3) is 10.9 Å². The number of morpholine rings is 1. The molecule has 6 nitrogen and oxygen atoms in total. The topological polar surface area (TPSA) is 60.6 Å². The molecular formula is C30H40N4O2S. The zero-order chi connectivity index (χ0) is 26.2. The van der Waals surface area contributed by atoms with E-state index in [2.05, 4.69) is 70.3 Å². The summed E-state index contributed by atoms with van der Waals surface area (Å²) in [7, 11) is 0. The molecule has 1 fully saturated rings. The summed E-state index contributed by atoms with van der Waals surface area (Å²) in [5, 5.41) is 5.12. The first-order valence-corrected chi connectivity index (χ1v) is 13.9. The number of unbranched alkanes of at least 4 members (excludes halogenated alkanes) is 1. The summed E-state index contributed by atoms with van der Waals surface area (Å²) >= 11 is 5.88. The van der Waals surface area contributed by atoms with Crippen molar-refractivity contribution in [3.63, 3.8) is 0 Å². The Kier molecular flexibility index (Phi) is 9.72. The zero-order valence-corrected chi connectivity index (χ0v) is 23.3. The fourth-order valence-corrected chi connectivity index (χ4v) is 5.23. The van der Waals surface area contributed by atoms with Gasteiger partial charge in [0, 0.05) is 37.4 Å². The van der Waals surface area contributed by atoms with Gasteiger partial charge in [-0.2, -0.15) is 0 Å². The molecule has 4 rings (SSSR count). The van der Waals surface area contributed by atoms with E-state index in [0.29, 0.717) is 11.7 Å². The molecule has 3 aromatic rings. The van der Waals surface area contributed by atoms with E-state index in [4.69, 9.17) is 17.0 Å². The maximum Gasteiger partial charge on any atom is 0.253 e. The number of thiocarbonyl (C=S) groups is 1. The van der Waals surface area contributed by atoms with Crippen molar-refractivity contribution in [3.05, 3.63) is 75.1 Å². The number of anilines is 1. The quantitative estimate of drug-likeness (QED) is 0.349. The normalized spacial score (nSPS) is 14.1. The lowest BCUT2D eigenvalue weighted by molar-refractivity contribution is 0.0367. The number of pyridine rings is 1. The lowest BCUT2D eigenvalue weighted by Gasteiger charge is -2.29. The highest BCUT2D eigenvalue weighted by molar-refractivity contribution is 7.80. The maximum absolute atomic E-state index is 13.1. The standard InChI is InChI=1S/C30H40N4O2S/c1-4-5-7-24-8-10-27(11-9-24)31-30(37)34(13-6-12-33-14-16-36-17-15-33)21-26-20-25-19-22(2)18-23(3)28(25)32-29(26)35/h8-11,18-20H,4-7,12-17,21H2,1-3H3,(H,31,37)(H,32,35). The lowest BCUT2D eigenvalue weighted by atomic mass is 10.1. The first kappa shape index (κ1) is 27.3. The van der Waals surface area contributed by atoms with E-state index in [0.717, 1.165) is 80.0 Å². The van der Waals surface area contributed by atoms with Crippen LogP contribution in [-0.4, -0.2) is 59.3 Å². The van der Waals surface area contributed by atoms with Crippen LogP contribution in [0.5, 0.6) is 0 Å². The largest absolute Gasteiger partial charge is 0.379 e. The highest BCUT2D eigenvalue weighted by atomic mass is 32.1. The lowest BCUT2D eigenvalue weighted by Crippen LogP contribution is -2.40. The summed E-state index contributed by atoms with van der Waals surface area (Å²) in [5.41, 5.74) is 6.16. The van der Waals surface area contributed by atoms with Crippen molar-refractivity contribution in [1.82, 2.24) is 14.8 Å². The van der Waals surface area contributed by atoms with Crippen molar-refractivity contribution in [2.24, 2.45) is 0 Å². The summed E-state index contributed by atoms with van der Waals surface area (Å²) in [6, 6.07) is 14.8. The first-order valence-electron chi connectivity index (χ1n) is 13.5. The molecule has 0 radical (unpaired) electrons. The average molecular weight is 521 g/mol. The van der Waals surface area contributed by atoms with E-state index in [1.54, 1.807) is 0 Å². The Morgan fingerprint density at radius 1 is 1.11 bits per heavy atom. The van der Waals surface area contributed by atoms with E-state index in [1.807, 2.05) is 13.0 Å². The number of hydrogen-bond acceptors (Lipinski definition) is 4. The third-order valence-corrected chi connectivity index (χ3v) is 7.41. The van der Waals surface area contributed by atoms with Crippen molar-refractivity contribution >= 4 is 33.9 Å². The van der Waals surface area contributed by atoms with Crippen LogP contribution in [0.4, 0.5) is 5.69 Å². The van der Waals surface area contributed by atoms with E-state index < -0.39 is 0 Å². The van der Waals surface area contributed by atoms with Crippen molar-refractivity contribution in [1.29, 1.82) is 0 Å². The second kappa shape index (κ2) is 13.2. The van der Waals surface area contributed by atoms with Crippen LogP contribution < -0.4 is 10.9 Å². The molecule has 37 heavy (non-hydrogen) atoms. The predicted molar refractivity (Wildman–Crippen MR) is 158 cm³/mol. The number of nitrogens with one attached hydrogen (secondary N) is 2. The van der Waals surface area contributed by atoms with Gasteiger partial charge in [-0.3, -0.25) is 9.69 Å². The van der Waals surface area contributed by atoms with Crippen molar-refractivity contribution < 1.29 is 4.74 Å². The number of rotatable bonds is 10. The van der Waals surface area contributed by atoms with Gasteiger partial charge in [-0.05, 0) is 86.1 Å². The molecule has 0 unspecified atom stereocenters. The van der Waals surface area contributed by atoms with Gasteiger partial charge in [-0.25, -0.2) is 0 Å². The summed E-state index contributed by atoms with van der Waals surface area (Å²) < 4.78 is 5.48. The van der Waals surface area contributed by atoms with Gasteiger partial charge in [0.25, 0.3) is 5.56 Å². The average Bonchev–Trinajstić information content (AvgIpc) is 2.89. The molecule has 0 aliphatic carbocycles. The number of nitrogens with zero attached hydrogens (tertiary/aromatic N) is 2. The van der Waals surface area contributed by atoms with E-state index in [1.165, 1.54) is 24.0 Å². The molecule has 198 valence electrons. The van der Waals surface area contributed by atoms with E-state index >= 15 is 0 Å². The molecule has 2 N–H and O–H groups in total. The number of aromatic nitrogens is 1. The molecule has 0 saturated carbocycles. The van der Waals surface area contributed by atoms with Crippen LogP contribution in [-0.2, 0) is 17.7 Å². The number of fused-ring (bicyclic) bond motifs is 1. The zero-order valence-electron chi connectivity index (χ0n) is 22.4. The van der Waals surface area contributed by atoms with Crippen LogP contribution in [0.15, 0.2) is 47.3 Å². The van der Waals surface area contributed by atoms with Crippen LogP contribution in [0.2, 0.25) is 0 Å². The van der Waals surface area contributed by atoms with Gasteiger partial charge in [0.05, 0.1) is 25.3 Å². The number of ether oxygens (including phenoxy) is 1. The highest BCUT2D eigenvalue weighted by Gasteiger charge is 2.16. The van der Waals surface area contributed by atoms with Crippen molar-refractivity contribution in [2.45, 2.75) is 53.0 Å². The molecule has 0 spiro atoms. The van der Waals surface area contributed by atoms with Crippen LogP contribution >= 0.6 is 12.2 Å². The van der Waals surface area contributed by atoms with Crippen LogP contribution in [0.1, 0.15) is 48.4 Å². The number of aryl methyl sites for hydroxylation is 3. The Balaban J connectivity index is 1.50. The van der Waals surface area contributed by atoms with Crippen LogP contribution in [0, 0.1) is 13.8 Å². The molecule has 1 aliphatic rings. The van der Waals surface area contributed by atoms with Crippen molar-refractivity contribution in [2.75, 3.05) is 44.7 Å². The summed E-state index contributed by atoms with van der Waals surface area (Å²) in [4.78, 5) is 20.7. The minimum Gasteiger partial charge on any atom is -0.379 e. The Labute approximate surface area is 226 Å². The molecule has 0 amide bonds. The number of H-pyrrole nitrogens is 1. The summed E-state index contributed by atoms with van der Waals surface area (Å²) in [6.45, 7) is 12.1. The molecule has 1 saturated heterocycles. The van der Waals surface area contributed by atoms with E-state index in [9.17, 15) is 4.79 Å². The smallest absolute Gasteiger partial charge is 0.253 e. The monoisotopic (exact) mass is 520 g/mol. The van der Waals surface area contributed by atoms with Gasteiger partial charge >= 0.3 is 0 Å². The molecule has 0 bridgehead atoms. The molecule has 1 aromatic heterocycles. The third kappa shape index (κ3) is 7.63. The highest BCUT2D eigenvalue weighted by Crippen LogP contribution is 2.19. The second-order valence-electron chi connectivity index (χ2n) is 10.1. The molecule has 2 aromatic carbocycles. The molecule has 2 heterocycles. The molecule has 7 heteroatoms.